The predicted molar refractivity (Wildman–Crippen MR) is 94.9 cm³/mol. The highest BCUT2D eigenvalue weighted by Gasteiger charge is 2.18. The third-order valence-corrected chi connectivity index (χ3v) is 5.10. The highest BCUT2D eigenvalue weighted by molar-refractivity contribution is 7.98. The second kappa shape index (κ2) is 7.05. The molecule has 0 N–H and O–H groups in total. The molecule has 3 aromatic rings. The number of fused-ring (bicyclic) bond motifs is 1. The first-order valence-corrected chi connectivity index (χ1v) is 9.11. The average Bonchev–Trinajstić information content (AvgIpc) is 3.07. The topological polar surface area (TPSA) is 62.1 Å². The van der Waals surface area contributed by atoms with Crippen molar-refractivity contribution in [1.29, 1.82) is 0 Å². The molecule has 1 aliphatic heterocycles. The summed E-state index contributed by atoms with van der Waals surface area (Å²) in [6.07, 6.45) is 0. The molecule has 0 spiro atoms. The third-order valence-electron chi connectivity index (χ3n) is 4.13. The lowest BCUT2D eigenvalue weighted by molar-refractivity contribution is -0.0171. The molecule has 2 heterocycles. The summed E-state index contributed by atoms with van der Waals surface area (Å²) in [5, 5.41) is 12.7. The highest BCUT2D eigenvalue weighted by atomic mass is 32.2. The summed E-state index contributed by atoms with van der Waals surface area (Å²) in [6.45, 7) is 4.60. The Morgan fingerprint density at radius 2 is 2.12 bits per heavy atom. The molecule has 0 atom stereocenters. The van der Waals surface area contributed by atoms with Crippen LogP contribution in [0.3, 0.4) is 0 Å². The van der Waals surface area contributed by atoms with Crippen LogP contribution in [0.5, 0.6) is 5.75 Å². The molecule has 0 radical (unpaired) electrons. The number of benzene rings is 2. The Morgan fingerprint density at radius 3 is 2.96 bits per heavy atom. The molecule has 0 saturated carbocycles. The van der Waals surface area contributed by atoms with Crippen LogP contribution in [0, 0.1) is 19.7 Å². The first-order chi connectivity index (χ1) is 12.6. The van der Waals surface area contributed by atoms with E-state index in [1.807, 2.05) is 26.0 Å². The number of halogens is 1. The van der Waals surface area contributed by atoms with Gasteiger partial charge in [-0.3, -0.25) is 0 Å². The second-order valence-corrected chi connectivity index (χ2v) is 7.06. The molecule has 0 saturated heterocycles. The molecule has 4 rings (SSSR count). The Hall–Kier alpha value is -2.45. The second-order valence-electron chi connectivity index (χ2n) is 6.12. The molecule has 1 aliphatic rings. The van der Waals surface area contributed by atoms with Gasteiger partial charge in [0.05, 0.1) is 12.3 Å². The standard InChI is InChI=1S/C18H17FN4O2S/c1-11-3-4-16(12(2)5-11)23-18(20-21-22-23)26-9-14-7-15(19)6-13-8-24-10-25-17(13)14/h3-7H,8-10H2,1-2H3. The smallest absolute Gasteiger partial charge is 0.214 e. The number of nitrogens with zero attached hydrogens (tertiary/aromatic N) is 4. The van der Waals surface area contributed by atoms with Crippen molar-refractivity contribution in [3.05, 3.63) is 58.4 Å². The first kappa shape index (κ1) is 17.0. The number of thioether (sulfide) groups is 1. The van der Waals surface area contributed by atoms with E-state index in [-0.39, 0.29) is 12.6 Å². The summed E-state index contributed by atoms with van der Waals surface area (Å²) >= 11 is 1.44. The van der Waals surface area contributed by atoms with E-state index in [0.29, 0.717) is 23.3 Å². The maximum atomic E-state index is 13.9. The van der Waals surface area contributed by atoms with Crippen molar-refractivity contribution in [1.82, 2.24) is 20.2 Å². The fourth-order valence-electron chi connectivity index (χ4n) is 2.97. The molecule has 8 heteroatoms. The van der Waals surface area contributed by atoms with Crippen molar-refractivity contribution >= 4 is 11.8 Å². The Kier molecular flexibility index (Phi) is 4.60. The normalized spacial score (nSPS) is 13.3. The molecule has 2 aromatic carbocycles. The quantitative estimate of drug-likeness (QED) is 0.653. The Balaban J connectivity index is 1.61. The van der Waals surface area contributed by atoms with E-state index in [4.69, 9.17) is 9.47 Å². The summed E-state index contributed by atoms with van der Waals surface area (Å²) in [6, 6.07) is 9.04. The Morgan fingerprint density at radius 1 is 1.23 bits per heavy atom. The van der Waals surface area contributed by atoms with Crippen LogP contribution in [0.2, 0.25) is 0 Å². The maximum Gasteiger partial charge on any atom is 0.214 e. The van der Waals surface area contributed by atoms with Crippen LogP contribution >= 0.6 is 11.8 Å². The molecule has 0 bridgehead atoms. The molecular formula is C18H17FN4O2S. The summed E-state index contributed by atoms with van der Waals surface area (Å²) < 4.78 is 26.4. The Labute approximate surface area is 154 Å². The maximum absolute atomic E-state index is 13.9. The zero-order chi connectivity index (χ0) is 18.1. The van der Waals surface area contributed by atoms with Gasteiger partial charge in [-0.25, -0.2) is 4.39 Å². The molecule has 0 aliphatic carbocycles. The van der Waals surface area contributed by atoms with Gasteiger partial charge in [0.1, 0.15) is 11.6 Å². The molecule has 0 fully saturated rings. The van der Waals surface area contributed by atoms with Crippen LogP contribution in [0.15, 0.2) is 35.5 Å². The molecule has 6 nitrogen and oxygen atoms in total. The van der Waals surface area contributed by atoms with Crippen molar-refractivity contribution in [2.75, 3.05) is 6.79 Å². The van der Waals surface area contributed by atoms with E-state index in [0.717, 1.165) is 22.4 Å². The van der Waals surface area contributed by atoms with Gasteiger partial charge in [0, 0.05) is 16.9 Å². The molecule has 0 unspecified atom stereocenters. The van der Waals surface area contributed by atoms with Crippen LogP contribution in [0.1, 0.15) is 22.3 Å². The molecular weight excluding hydrogens is 355 g/mol. The van der Waals surface area contributed by atoms with E-state index in [9.17, 15) is 4.39 Å². The molecule has 0 amide bonds. The third kappa shape index (κ3) is 3.30. The van der Waals surface area contributed by atoms with Crippen molar-refractivity contribution in [2.24, 2.45) is 0 Å². The Bertz CT molecular complexity index is 960. The van der Waals surface area contributed by atoms with Crippen molar-refractivity contribution in [2.45, 2.75) is 31.4 Å². The van der Waals surface area contributed by atoms with Gasteiger partial charge in [-0.15, -0.1) is 5.10 Å². The fourth-order valence-corrected chi connectivity index (χ4v) is 3.82. The van der Waals surface area contributed by atoms with Gasteiger partial charge in [0.2, 0.25) is 5.16 Å². The highest BCUT2D eigenvalue weighted by Crippen LogP contribution is 2.34. The summed E-state index contributed by atoms with van der Waals surface area (Å²) in [5.74, 6) is 0.879. The van der Waals surface area contributed by atoms with Crippen LogP contribution in [-0.4, -0.2) is 27.0 Å². The van der Waals surface area contributed by atoms with Crippen LogP contribution in [-0.2, 0) is 17.1 Å². The summed E-state index contributed by atoms with van der Waals surface area (Å²) in [5.41, 5.74) is 4.68. The summed E-state index contributed by atoms with van der Waals surface area (Å²) in [7, 11) is 0. The van der Waals surface area contributed by atoms with Gasteiger partial charge in [-0.05, 0) is 48.0 Å². The largest absolute Gasteiger partial charge is 0.467 e. The van der Waals surface area contributed by atoms with Crippen molar-refractivity contribution < 1.29 is 13.9 Å². The van der Waals surface area contributed by atoms with Crippen molar-refractivity contribution in [3.8, 4) is 11.4 Å². The number of rotatable bonds is 4. The molecule has 26 heavy (non-hydrogen) atoms. The zero-order valence-corrected chi connectivity index (χ0v) is 15.2. The van der Waals surface area contributed by atoms with E-state index in [2.05, 4.69) is 21.6 Å². The van der Waals surface area contributed by atoms with Gasteiger partial charge in [-0.1, -0.05) is 29.5 Å². The van der Waals surface area contributed by atoms with Gasteiger partial charge >= 0.3 is 0 Å². The minimum atomic E-state index is -0.303. The fraction of sp³-hybridized carbons (Fsp3) is 0.278. The zero-order valence-electron chi connectivity index (χ0n) is 14.4. The average molecular weight is 372 g/mol. The van der Waals surface area contributed by atoms with E-state index < -0.39 is 0 Å². The van der Waals surface area contributed by atoms with Crippen LogP contribution < -0.4 is 4.74 Å². The summed E-state index contributed by atoms with van der Waals surface area (Å²) in [4.78, 5) is 0. The predicted octanol–water partition coefficient (Wildman–Crippen LogP) is 3.58. The lowest BCUT2D eigenvalue weighted by Gasteiger charge is -2.20. The molecule has 134 valence electrons. The van der Waals surface area contributed by atoms with Crippen molar-refractivity contribution in [3.63, 3.8) is 0 Å². The van der Waals surface area contributed by atoms with E-state index in [1.165, 1.54) is 29.5 Å². The van der Waals surface area contributed by atoms with E-state index in [1.54, 1.807) is 4.68 Å². The number of aromatic nitrogens is 4. The number of hydrogen-bond acceptors (Lipinski definition) is 6. The minimum absolute atomic E-state index is 0.177. The monoisotopic (exact) mass is 372 g/mol. The van der Waals surface area contributed by atoms with Gasteiger partial charge < -0.3 is 9.47 Å². The van der Waals surface area contributed by atoms with E-state index >= 15 is 0 Å². The first-order valence-electron chi connectivity index (χ1n) is 8.12. The van der Waals surface area contributed by atoms with Crippen LogP contribution in [0.4, 0.5) is 4.39 Å². The molecule has 1 aromatic heterocycles. The van der Waals surface area contributed by atoms with Gasteiger partial charge in [-0.2, -0.15) is 4.68 Å². The SMILES string of the molecule is Cc1ccc(-n2nnnc2SCc2cc(F)cc3c2OCOC3)c(C)c1. The number of tetrazole rings is 1. The van der Waals surface area contributed by atoms with Gasteiger partial charge in [0.25, 0.3) is 0 Å². The number of ether oxygens (including phenoxy) is 2. The number of aryl methyl sites for hydroxylation is 2. The minimum Gasteiger partial charge on any atom is -0.467 e. The van der Waals surface area contributed by atoms with Crippen LogP contribution in [0.25, 0.3) is 5.69 Å². The van der Waals surface area contributed by atoms with Gasteiger partial charge in [0.15, 0.2) is 6.79 Å². The number of hydrogen-bond donors (Lipinski definition) is 0. The lowest BCUT2D eigenvalue weighted by Crippen LogP contribution is -2.13. The lowest BCUT2D eigenvalue weighted by atomic mass is 10.1.